The van der Waals surface area contributed by atoms with Crippen molar-refractivity contribution in [3.8, 4) is 11.5 Å². The number of benzene rings is 1. The molecular formula is C16H20LiNO5. The van der Waals surface area contributed by atoms with Crippen molar-refractivity contribution in [3.05, 3.63) is 35.2 Å². The van der Waals surface area contributed by atoms with Crippen molar-refractivity contribution < 1.29 is 44.4 Å². The number of carboxylic acid groups (broad SMARTS) is 1. The van der Waals surface area contributed by atoms with Gasteiger partial charge in [-0.2, -0.15) is 0 Å². The van der Waals surface area contributed by atoms with Gasteiger partial charge in [0, 0.05) is 18.7 Å². The molecule has 1 aromatic carbocycles. The molecule has 0 aliphatic carbocycles. The number of rotatable bonds is 4. The summed E-state index contributed by atoms with van der Waals surface area (Å²) in [4.78, 5) is 12.8. The number of ether oxygens (including phenoxy) is 3. The molecule has 23 heavy (non-hydrogen) atoms. The fourth-order valence-corrected chi connectivity index (χ4v) is 2.65. The Balaban J connectivity index is 0.00000144. The van der Waals surface area contributed by atoms with Crippen LogP contribution < -0.4 is 28.3 Å². The fraction of sp³-hybridized carbons (Fsp3) is 0.438. The predicted octanol–water partition coefficient (Wildman–Crippen LogP) is -1.32. The van der Waals surface area contributed by atoms with Crippen molar-refractivity contribution in [2.45, 2.75) is 13.3 Å². The minimum Gasteiger partial charge on any atom is -1.00 e. The van der Waals surface area contributed by atoms with Gasteiger partial charge in [0.2, 0.25) is 0 Å². The van der Waals surface area contributed by atoms with Gasteiger partial charge in [-0.1, -0.05) is 6.07 Å². The second kappa shape index (κ2) is 7.78. The average Bonchev–Trinajstić information content (AvgIpc) is 2.55. The number of nitrogens with zero attached hydrogens (tertiary/aromatic N) is 1. The van der Waals surface area contributed by atoms with Crippen LogP contribution in [0.4, 0.5) is 0 Å². The van der Waals surface area contributed by atoms with Crippen LogP contribution in [0.15, 0.2) is 24.1 Å². The Morgan fingerprint density at radius 2 is 2.13 bits per heavy atom. The number of carbonyl (C=O) groups is 1. The summed E-state index contributed by atoms with van der Waals surface area (Å²) in [5, 5.41) is 8.73. The maximum Gasteiger partial charge on any atom is 1.00 e. The van der Waals surface area contributed by atoms with Gasteiger partial charge < -0.3 is 25.6 Å². The van der Waals surface area contributed by atoms with Crippen molar-refractivity contribution in [1.82, 2.24) is 4.90 Å². The zero-order valence-corrected chi connectivity index (χ0v) is 13.5. The van der Waals surface area contributed by atoms with Crippen molar-refractivity contribution >= 4 is 5.97 Å². The molecule has 1 N–H and O–H groups in total. The smallest absolute Gasteiger partial charge is 1.00 e. The van der Waals surface area contributed by atoms with E-state index in [4.69, 9.17) is 19.3 Å². The van der Waals surface area contributed by atoms with Crippen LogP contribution in [-0.4, -0.2) is 48.9 Å². The number of allylic oxidation sites excluding steroid dienone is 1. The molecule has 0 atom stereocenters. The first-order valence-corrected chi connectivity index (χ1v) is 7.33. The molecule has 0 amide bonds. The second-order valence-electron chi connectivity index (χ2n) is 5.31. The summed E-state index contributed by atoms with van der Waals surface area (Å²) in [6.45, 7) is 4.57. The van der Waals surface area contributed by atoms with Crippen LogP contribution in [0.5, 0.6) is 11.5 Å². The molecule has 3 rings (SSSR count). The Bertz CT molecular complexity index is 617. The molecule has 0 bridgehead atoms. The minimum atomic E-state index is -0.994. The second-order valence-corrected chi connectivity index (χ2v) is 5.31. The van der Waals surface area contributed by atoms with Crippen LogP contribution >= 0.6 is 0 Å². The molecule has 2 aliphatic rings. The molecule has 7 heteroatoms. The number of aliphatic carboxylic acids is 1. The molecule has 0 unspecified atom stereocenters. The van der Waals surface area contributed by atoms with Crippen LogP contribution in [0.1, 0.15) is 12.6 Å². The molecule has 120 valence electrons. The zero-order chi connectivity index (χ0) is 15.5. The van der Waals surface area contributed by atoms with Crippen LogP contribution in [0.3, 0.4) is 0 Å². The van der Waals surface area contributed by atoms with Gasteiger partial charge >= 0.3 is 24.8 Å². The number of hydrogen-bond donors (Lipinski definition) is 1. The van der Waals surface area contributed by atoms with E-state index in [0.717, 1.165) is 42.3 Å². The summed E-state index contributed by atoms with van der Waals surface area (Å²) in [6, 6.07) is 3.72. The summed E-state index contributed by atoms with van der Waals surface area (Å²) < 4.78 is 16.7. The van der Waals surface area contributed by atoms with Gasteiger partial charge in [0.25, 0.3) is 0 Å². The third-order valence-electron chi connectivity index (χ3n) is 3.81. The fourth-order valence-electron chi connectivity index (χ4n) is 2.65. The summed E-state index contributed by atoms with van der Waals surface area (Å²) in [7, 11) is 0. The topological polar surface area (TPSA) is 68.2 Å². The third kappa shape index (κ3) is 4.02. The standard InChI is InChI=1S/C16H19NO5.Li.H/c1-11-13(21-10-15(18)19)4-2-12-3-5-14(22-16(11)12)17-6-8-20-9-7-17;;/h2,4-5H,3,6-10H2,1H3,(H,18,19);;/q;+1;-1. The van der Waals surface area contributed by atoms with E-state index in [1.54, 1.807) is 6.07 Å². The summed E-state index contributed by atoms with van der Waals surface area (Å²) in [6.07, 6.45) is 2.87. The number of hydrogen-bond acceptors (Lipinski definition) is 5. The Morgan fingerprint density at radius 3 is 2.83 bits per heavy atom. The van der Waals surface area contributed by atoms with Crippen LogP contribution in [0.2, 0.25) is 0 Å². The molecule has 0 spiro atoms. The van der Waals surface area contributed by atoms with Crippen LogP contribution in [0, 0.1) is 6.92 Å². The van der Waals surface area contributed by atoms with Crippen molar-refractivity contribution in [1.29, 1.82) is 0 Å². The first kappa shape index (κ1) is 17.7. The summed E-state index contributed by atoms with van der Waals surface area (Å²) in [5.41, 5.74) is 1.91. The van der Waals surface area contributed by atoms with E-state index >= 15 is 0 Å². The monoisotopic (exact) mass is 313 g/mol. The van der Waals surface area contributed by atoms with E-state index in [9.17, 15) is 4.79 Å². The van der Waals surface area contributed by atoms with Gasteiger partial charge in [0.15, 0.2) is 12.5 Å². The van der Waals surface area contributed by atoms with E-state index in [1.807, 2.05) is 13.0 Å². The van der Waals surface area contributed by atoms with Gasteiger partial charge in [-0.3, -0.25) is 0 Å². The predicted molar refractivity (Wildman–Crippen MR) is 80.2 cm³/mol. The molecule has 0 aromatic heterocycles. The van der Waals surface area contributed by atoms with Crippen LogP contribution in [-0.2, 0) is 16.0 Å². The van der Waals surface area contributed by atoms with E-state index in [-0.39, 0.29) is 26.9 Å². The maximum absolute atomic E-state index is 10.6. The third-order valence-corrected chi connectivity index (χ3v) is 3.81. The molecule has 1 aromatic rings. The Kier molecular flexibility index (Phi) is 6.00. The number of carboxylic acids is 1. The van der Waals surface area contributed by atoms with Crippen molar-refractivity contribution in [2.75, 3.05) is 32.9 Å². The average molecular weight is 313 g/mol. The van der Waals surface area contributed by atoms with Crippen molar-refractivity contribution in [2.24, 2.45) is 0 Å². The van der Waals surface area contributed by atoms with Gasteiger partial charge in [-0.25, -0.2) is 4.79 Å². The molecule has 2 heterocycles. The van der Waals surface area contributed by atoms with Crippen molar-refractivity contribution in [3.63, 3.8) is 0 Å². The Morgan fingerprint density at radius 1 is 1.39 bits per heavy atom. The Labute approximate surface area is 148 Å². The SMILES string of the molecule is Cc1c(OCC(=O)O)ccc2c1OC(N1CCOCC1)=CC2.[H-].[Li+]. The normalized spacial score (nSPS) is 16.6. The molecule has 1 saturated heterocycles. The van der Waals surface area contributed by atoms with Gasteiger partial charge in [-0.05, 0) is 31.1 Å². The summed E-state index contributed by atoms with van der Waals surface area (Å²) in [5.74, 6) is 1.16. The molecule has 0 radical (unpaired) electrons. The largest absolute Gasteiger partial charge is 1.00 e. The Hall–Kier alpha value is -1.61. The van der Waals surface area contributed by atoms with Gasteiger partial charge in [0.05, 0.1) is 13.2 Å². The van der Waals surface area contributed by atoms with E-state index in [0.29, 0.717) is 19.0 Å². The molecule has 1 fully saturated rings. The summed E-state index contributed by atoms with van der Waals surface area (Å²) >= 11 is 0. The number of fused-ring (bicyclic) bond motifs is 1. The van der Waals surface area contributed by atoms with E-state index in [2.05, 4.69) is 11.0 Å². The molecule has 0 saturated carbocycles. The molecule has 6 nitrogen and oxygen atoms in total. The van der Waals surface area contributed by atoms with Gasteiger partial charge in [0.1, 0.15) is 11.5 Å². The zero-order valence-electron chi connectivity index (χ0n) is 14.5. The van der Waals surface area contributed by atoms with Crippen LogP contribution in [0.25, 0.3) is 0 Å². The maximum atomic E-state index is 10.6. The minimum absolute atomic E-state index is 0. The van der Waals surface area contributed by atoms with E-state index in [1.165, 1.54) is 0 Å². The first-order valence-electron chi connectivity index (χ1n) is 7.33. The van der Waals surface area contributed by atoms with E-state index < -0.39 is 5.97 Å². The number of morpholine rings is 1. The van der Waals surface area contributed by atoms with Gasteiger partial charge in [-0.15, -0.1) is 0 Å². The quantitative estimate of drug-likeness (QED) is 0.696. The molecular weight excluding hydrogens is 293 g/mol. The molecule has 2 aliphatic heterocycles. The first-order chi connectivity index (χ1) is 10.6.